The summed E-state index contributed by atoms with van der Waals surface area (Å²) in [5.74, 6) is -0.856. The number of nitrogens with one attached hydrogen (secondary N) is 1. The number of carbonyl (C=O) groups excluding carboxylic acids is 2. The minimum atomic E-state index is -4.30. The number of nitrogens with zero attached hydrogens (tertiary/aromatic N) is 1. The number of thioether (sulfide) groups is 1. The van der Waals surface area contributed by atoms with Gasteiger partial charge in [0.2, 0.25) is 11.8 Å². The SMILES string of the molecule is CCCC1NC(=O)CN(CCSC(F)(F)F)C1=O. The molecule has 0 radical (unpaired) electrons. The zero-order valence-corrected chi connectivity index (χ0v) is 10.7. The Morgan fingerprint density at radius 1 is 1.44 bits per heavy atom. The van der Waals surface area contributed by atoms with Crippen molar-refractivity contribution in [1.29, 1.82) is 0 Å². The lowest BCUT2D eigenvalue weighted by Gasteiger charge is -2.32. The number of hydrogen-bond acceptors (Lipinski definition) is 3. The minimum absolute atomic E-state index is 0.0589. The number of rotatable bonds is 5. The van der Waals surface area contributed by atoms with E-state index < -0.39 is 11.6 Å². The van der Waals surface area contributed by atoms with Crippen LogP contribution < -0.4 is 5.32 Å². The summed E-state index contributed by atoms with van der Waals surface area (Å²) < 4.78 is 35.9. The molecular formula is C10H15F3N2O2S. The molecule has 1 aliphatic rings. The van der Waals surface area contributed by atoms with Gasteiger partial charge in [-0.15, -0.1) is 0 Å². The molecule has 1 fully saturated rings. The molecule has 0 spiro atoms. The fourth-order valence-electron chi connectivity index (χ4n) is 1.72. The first-order valence-corrected chi connectivity index (χ1v) is 6.61. The molecule has 1 atom stereocenters. The highest BCUT2D eigenvalue weighted by molar-refractivity contribution is 8.00. The summed E-state index contributed by atoms with van der Waals surface area (Å²) in [6.45, 7) is 1.66. The van der Waals surface area contributed by atoms with Crippen molar-refractivity contribution in [2.75, 3.05) is 18.8 Å². The quantitative estimate of drug-likeness (QED) is 0.829. The van der Waals surface area contributed by atoms with E-state index in [0.717, 1.165) is 6.42 Å². The topological polar surface area (TPSA) is 49.4 Å². The fraction of sp³-hybridized carbons (Fsp3) is 0.800. The van der Waals surface area contributed by atoms with Crippen molar-refractivity contribution in [1.82, 2.24) is 10.2 Å². The largest absolute Gasteiger partial charge is 0.441 e. The Hall–Kier alpha value is -0.920. The van der Waals surface area contributed by atoms with Crippen LogP contribution in [-0.4, -0.2) is 47.1 Å². The van der Waals surface area contributed by atoms with E-state index >= 15 is 0 Å². The highest BCUT2D eigenvalue weighted by Gasteiger charge is 2.33. The third kappa shape index (κ3) is 4.75. The predicted molar refractivity (Wildman–Crippen MR) is 61.9 cm³/mol. The third-order valence-electron chi connectivity index (χ3n) is 2.48. The summed E-state index contributed by atoms with van der Waals surface area (Å²) >= 11 is -0.181. The molecular weight excluding hydrogens is 269 g/mol. The fourth-order valence-corrected chi connectivity index (χ4v) is 2.26. The van der Waals surface area contributed by atoms with Gasteiger partial charge in [0.25, 0.3) is 0 Å². The Morgan fingerprint density at radius 2 is 2.11 bits per heavy atom. The van der Waals surface area contributed by atoms with Crippen LogP contribution >= 0.6 is 11.8 Å². The number of carbonyl (C=O) groups is 2. The van der Waals surface area contributed by atoms with Crippen molar-refractivity contribution in [3.63, 3.8) is 0 Å². The first kappa shape index (κ1) is 15.1. The van der Waals surface area contributed by atoms with E-state index in [1.807, 2.05) is 6.92 Å². The van der Waals surface area contributed by atoms with Crippen LogP contribution in [0.5, 0.6) is 0 Å². The van der Waals surface area contributed by atoms with Crippen LogP contribution in [0.2, 0.25) is 0 Å². The normalized spacial score (nSPS) is 21.1. The molecule has 1 heterocycles. The van der Waals surface area contributed by atoms with Crippen LogP contribution in [0.25, 0.3) is 0 Å². The molecule has 1 rings (SSSR count). The van der Waals surface area contributed by atoms with Crippen molar-refractivity contribution < 1.29 is 22.8 Å². The number of hydrogen-bond donors (Lipinski definition) is 1. The minimum Gasteiger partial charge on any atom is -0.343 e. The van der Waals surface area contributed by atoms with Crippen molar-refractivity contribution in [3.8, 4) is 0 Å². The summed E-state index contributed by atoms with van der Waals surface area (Å²) in [5, 5.41) is 2.54. The second-order valence-corrected chi connectivity index (χ2v) is 5.12. The molecule has 0 aromatic rings. The maximum Gasteiger partial charge on any atom is 0.441 e. The van der Waals surface area contributed by atoms with Crippen molar-refractivity contribution in [2.45, 2.75) is 31.3 Å². The standard InChI is InChI=1S/C10H15F3N2O2S/c1-2-3-7-9(17)15(6-8(16)14-7)4-5-18-10(11,12)13/h7H,2-6H2,1H3,(H,14,16). The molecule has 104 valence electrons. The molecule has 8 heteroatoms. The van der Waals surface area contributed by atoms with E-state index in [0.29, 0.717) is 6.42 Å². The molecule has 1 aliphatic heterocycles. The second-order valence-electron chi connectivity index (χ2n) is 3.96. The zero-order chi connectivity index (χ0) is 13.8. The lowest BCUT2D eigenvalue weighted by molar-refractivity contribution is -0.144. The smallest absolute Gasteiger partial charge is 0.343 e. The third-order valence-corrected chi connectivity index (χ3v) is 3.20. The molecule has 2 amide bonds. The summed E-state index contributed by atoms with van der Waals surface area (Å²) in [7, 11) is 0. The lowest BCUT2D eigenvalue weighted by Crippen LogP contribution is -2.58. The highest BCUT2D eigenvalue weighted by atomic mass is 32.2. The van der Waals surface area contributed by atoms with E-state index in [-0.39, 0.29) is 42.4 Å². The van der Waals surface area contributed by atoms with Crippen molar-refractivity contribution >= 4 is 23.6 Å². The predicted octanol–water partition coefficient (Wildman–Crippen LogP) is 1.37. The average Bonchev–Trinajstić information content (AvgIpc) is 2.23. The Morgan fingerprint density at radius 3 is 2.67 bits per heavy atom. The second kappa shape index (κ2) is 6.31. The Labute approximate surface area is 107 Å². The molecule has 0 bridgehead atoms. The molecule has 18 heavy (non-hydrogen) atoms. The highest BCUT2D eigenvalue weighted by Crippen LogP contribution is 2.29. The van der Waals surface area contributed by atoms with Gasteiger partial charge in [-0.2, -0.15) is 13.2 Å². The van der Waals surface area contributed by atoms with Gasteiger partial charge >= 0.3 is 5.51 Å². The van der Waals surface area contributed by atoms with Crippen LogP contribution in [0.15, 0.2) is 0 Å². The van der Waals surface area contributed by atoms with Crippen LogP contribution in [-0.2, 0) is 9.59 Å². The number of halogens is 3. The summed E-state index contributed by atoms with van der Waals surface area (Å²) in [5.41, 5.74) is -4.30. The Balaban J connectivity index is 2.48. The number of piperazine rings is 1. The van der Waals surface area contributed by atoms with Crippen LogP contribution in [0.3, 0.4) is 0 Å². The molecule has 0 aromatic carbocycles. The Kier molecular flexibility index (Phi) is 5.30. The van der Waals surface area contributed by atoms with Gasteiger partial charge in [-0.3, -0.25) is 9.59 Å². The van der Waals surface area contributed by atoms with Gasteiger partial charge in [0.1, 0.15) is 6.04 Å². The van der Waals surface area contributed by atoms with Gasteiger partial charge in [0, 0.05) is 12.3 Å². The maximum absolute atomic E-state index is 12.0. The molecule has 1 saturated heterocycles. The monoisotopic (exact) mass is 284 g/mol. The first-order chi connectivity index (χ1) is 8.33. The summed E-state index contributed by atoms with van der Waals surface area (Å²) in [6.07, 6.45) is 1.23. The number of alkyl halides is 3. The average molecular weight is 284 g/mol. The van der Waals surface area contributed by atoms with Crippen LogP contribution in [0.1, 0.15) is 19.8 Å². The Bertz CT molecular complexity index is 323. The molecule has 1 unspecified atom stereocenters. The van der Waals surface area contributed by atoms with Crippen LogP contribution in [0.4, 0.5) is 13.2 Å². The molecule has 0 aromatic heterocycles. The summed E-state index contributed by atoms with van der Waals surface area (Å²) in [6, 6.07) is -0.591. The maximum atomic E-state index is 12.0. The molecule has 1 N–H and O–H groups in total. The number of amides is 2. The van der Waals surface area contributed by atoms with E-state index in [1.165, 1.54) is 4.90 Å². The van der Waals surface area contributed by atoms with E-state index in [4.69, 9.17) is 0 Å². The van der Waals surface area contributed by atoms with Crippen molar-refractivity contribution in [3.05, 3.63) is 0 Å². The van der Waals surface area contributed by atoms with Gasteiger partial charge in [-0.1, -0.05) is 13.3 Å². The van der Waals surface area contributed by atoms with E-state index in [1.54, 1.807) is 0 Å². The van der Waals surface area contributed by atoms with Gasteiger partial charge in [0.05, 0.1) is 6.54 Å². The van der Waals surface area contributed by atoms with E-state index in [2.05, 4.69) is 5.32 Å². The van der Waals surface area contributed by atoms with Gasteiger partial charge in [-0.05, 0) is 18.2 Å². The molecule has 0 aliphatic carbocycles. The van der Waals surface area contributed by atoms with Gasteiger partial charge in [-0.25, -0.2) is 0 Å². The summed E-state index contributed by atoms with van der Waals surface area (Å²) in [4.78, 5) is 24.4. The van der Waals surface area contributed by atoms with E-state index in [9.17, 15) is 22.8 Å². The lowest BCUT2D eigenvalue weighted by atomic mass is 10.1. The first-order valence-electron chi connectivity index (χ1n) is 5.62. The van der Waals surface area contributed by atoms with Crippen LogP contribution in [0, 0.1) is 0 Å². The molecule has 4 nitrogen and oxygen atoms in total. The van der Waals surface area contributed by atoms with Gasteiger partial charge in [0.15, 0.2) is 0 Å². The van der Waals surface area contributed by atoms with Gasteiger partial charge < -0.3 is 10.2 Å². The zero-order valence-electron chi connectivity index (χ0n) is 9.92. The van der Waals surface area contributed by atoms with Crippen molar-refractivity contribution in [2.24, 2.45) is 0 Å². The molecule has 0 saturated carbocycles.